The largest absolute Gasteiger partial charge is 0.493 e. The topological polar surface area (TPSA) is 77.4 Å². The lowest BCUT2D eigenvalue weighted by Gasteiger charge is -2.10. The Bertz CT molecular complexity index is 430. The van der Waals surface area contributed by atoms with Crippen LogP contribution in [0.2, 0.25) is 0 Å². The van der Waals surface area contributed by atoms with Gasteiger partial charge < -0.3 is 19.4 Å². The first-order chi connectivity index (χ1) is 8.71. The van der Waals surface area contributed by atoms with Crippen LogP contribution in [0.3, 0.4) is 0 Å². The molecule has 0 unspecified atom stereocenters. The third-order valence-electron chi connectivity index (χ3n) is 2.05. The first-order valence-electron chi connectivity index (χ1n) is 5.35. The summed E-state index contributed by atoms with van der Waals surface area (Å²) in [6, 6.07) is 4.94. The first-order valence-corrected chi connectivity index (χ1v) is 5.35. The summed E-state index contributed by atoms with van der Waals surface area (Å²) in [6.45, 7) is 1.82. The maximum atomic E-state index is 11.2. The minimum absolute atomic E-state index is 0.204. The smallest absolute Gasteiger partial charge is 0.344 e. The average Bonchev–Trinajstić information content (AvgIpc) is 2.37. The van der Waals surface area contributed by atoms with E-state index in [1.807, 2.05) is 0 Å². The van der Waals surface area contributed by atoms with Crippen LogP contribution in [0.25, 0.3) is 0 Å². The van der Waals surface area contributed by atoms with Crippen LogP contribution >= 0.6 is 0 Å². The highest BCUT2D eigenvalue weighted by Crippen LogP contribution is 2.27. The minimum Gasteiger partial charge on any atom is -0.493 e. The number of ether oxygens (including phenoxy) is 3. The van der Waals surface area contributed by atoms with Crippen LogP contribution in [0.1, 0.15) is 12.5 Å². The van der Waals surface area contributed by atoms with Crippen molar-refractivity contribution in [3.63, 3.8) is 0 Å². The molecule has 0 atom stereocenters. The van der Waals surface area contributed by atoms with Crippen LogP contribution in [-0.2, 0) is 9.53 Å². The van der Waals surface area contributed by atoms with Crippen molar-refractivity contribution in [3.05, 3.63) is 23.8 Å². The normalized spacial score (nSPS) is 10.3. The molecular formula is C12H15NO5. The zero-order chi connectivity index (χ0) is 13.4. The number of hydrogen-bond acceptors (Lipinski definition) is 6. The Labute approximate surface area is 105 Å². The predicted octanol–water partition coefficient (Wildman–Crippen LogP) is 1.45. The van der Waals surface area contributed by atoms with Crippen LogP contribution in [0.15, 0.2) is 23.4 Å². The molecule has 0 aliphatic rings. The van der Waals surface area contributed by atoms with Crippen molar-refractivity contribution >= 4 is 12.2 Å². The van der Waals surface area contributed by atoms with Gasteiger partial charge >= 0.3 is 5.97 Å². The van der Waals surface area contributed by atoms with Gasteiger partial charge in [0.2, 0.25) is 0 Å². The lowest BCUT2D eigenvalue weighted by molar-refractivity contribution is -0.145. The van der Waals surface area contributed by atoms with E-state index in [1.165, 1.54) is 13.3 Å². The molecule has 0 saturated carbocycles. The van der Waals surface area contributed by atoms with Gasteiger partial charge in [-0.15, -0.1) is 0 Å². The second kappa shape index (κ2) is 7.16. The van der Waals surface area contributed by atoms with E-state index in [4.69, 9.17) is 19.4 Å². The molecule has 0 fully saturated rings. The summed E-state index contributed by atoms with van der Waals surface area (Å²) in [5.41, 5.74) is 0.622. The Morgan fingerprint density at radius 2 is 2.22 bits per heavy atom. The second-order valence-electron chi connectivity index (χ2n) is 3.25. The SMILES string of the molecule is CCOC(=O)COc1cc(/C=N/O)ccc1OC. The van der Waals surface area contributed by atoms with E-state index in [2.05, 4.69) is 5.16 Å². The van der Waals surface area contributed by atoms with Gasteiger partial charge in [-0.05, 0) is 25.1 Å². The summed E-state index contributed by atoms with van der Waals surface area (Å²) in [5, 5.41) is 11.4. The molecule has 1 N–H and O–H groups in total. The molecule has 0 bridgehead atoms. The van der Waals surface area contributed by atoms with Gasteiger partial charge in [0.05, 0.1) is 19.9 Å². The molecule has 1 aromatic rings. The quantitative estimate of drug-likeness (QED) is 0.359. The average molecular weight is 253 g/mol. The molecule has 0 aliphatic carbocycles. The zero-order valence-corrected chi connectivity index (χ0v) is 10.3. The van der Waals surface area contributed by atoms with Crippen molar-refractivity contribution in [1.29, 1.82) is 0 Å². The van der Waals surface area contributed by atoms with E-state index in [9.17, 15) is 4.79 Å². The Kier molecular flexibility index (Phi) is 5.50. The van der Waals surface area contributed by atoms with E-state index >= 15 is 0 Å². The number of hydrogen-bond donors (Lipinski definition) is 1. The van der Waals surface area contributed by atoms with Gasteiger partial charge in [0.1, 0.15) is 0 Å². The number of carbonyl (C=O) groups excluding carboxylic acids is 1. The number of benzene rings is 1. The number of nitrogens with zero attached hydrogens (tertiary/aromatic N) is 1. The summed E-state index contributed by atoms with van der Waals surface area (Å²) in [7, 11) is 1.49. The minimum atomic E-state index is -0.458. The highest BCUT2D eigenvalue weighted by atomic mass is 16.6. The van der Waals surface area contributed by atoms with Crippen molar-refractivity contribution in [2.75, 3.05) is 20.3 Å². The molecule has 0 saturated heterocycles. The number of rotatable bonds is 6. The van der Waals surface area contributed by atoms with Crippen LogP contribution in [0.5, 0.6) is 11.5 Å². The molecule has 0 aromatic heterocycles. The molecule has 1 rings (SSSR count). The van der Waals surface area contributed by atoms with Crippen LogP contribution < -0.4 is 9.47 Å². The van der Waals surface area contributed by atoms with Crippen LogP contribution in [-0.4, -0.2) is 37.7 Å². The fourth-order valence-corrected chi connectivity index (χ4v) is 1.29. The molecule has 0 aliphatic heterocycles. The lowest BCUT2D eigenvalue weighted by atomic mass is 10.2. The summed E-state index contributed by atoms with van der Waals surface area (Å²) in [5.74, 6) is 0.401. The predicted molar refractivity (Wildman–Crippen MR) is 64.5 cm³/mol. The lowest BCUT2D eigenvalue weighted by Crippen LogP contribution is -2.15. The van der Waals surface area contributed by atoms with Gasteiger partial charge in [0, 0.05) is 5.56 Å². The van der Waals surface area contributed by atoms with Crippen LogP contribution in [0, 0.1) is 0 Å². The fourth-order valence-electron chi connectivity index (χ4n) is 1.29. The molecule has 0 radical (unpaired) electrons. The number of esters is 1. The summed E-state index contributed by atoms with van der Waals surface area (Å²) in [6.07, 6.45) is 1.25. The van der Waals surface area contributed by atoms with E-state index in [0.29, 0.717) is 23.7 Å². The van der Waals surface area contributed by atoms with Gasteiger partial charge in [-0.1, -0.05) is 5.16 Å². The van der Waals surface area contributed by atoms with Gasteiger partial charge in [-0.3, -0.25) is 0 Å². The van der Waals surface area contributed by atoms with Gasteiger partial charge in [-0.25, -0.2) is 4.79 Å². The third-order valence-corrected chi connectivity index (χ3v) is 2.05. The molecule has 6 heteroatoms. The maximum absolute atomic E-state index is 11.2. The zero-order valence-electron chi connectivity index (χ0n) is 10.3. The van der Waals surface area contributed by atoms with E-state index in [1.54, 1.807) is 25.1 Å². The standard InChI is InChI=1S/C12H15NO5/c1-3-17-12(14)8-18-11-6-9(7-13-15)4-5-10(11)16-2/h4-7,15H,3,8H2,1-2H3/b13-7+. The Balaban J connectivity index is 2.78. The fraction of sp³-hybridized carbons (Fsp3) is 0.333. The molecule has 18 heavy (non-hydrogen) atoms. The first kappa shape index (κ1) is 13.8. The number of carbonyl (C=O) groups is 1. The number of methoxy groups -OCH3 is 1. The highest BCUT2D eigenvalue weighted by Gasteiger charge is 2.08. The van der Waals surface area contributed by atoms with Crippen molar-refractivity contribution in [3.8, 4) is 11.5 Å². The number of oxime groups is 1. The Hall–Kier alpha value is -2.24. The maximum Gasteiger partial charge on any atom is 0.344 e. The molecule has 1 aromatic carbocycles. The molecule has 98 valence electrons. The van der Waals surface area contributed by atoms with Crippen molar-refractivity contribution in [1.82, 2.24) is 0 Å². The van der Waals surface area contributed by atoms with Gasteiger partial charge in [0.15, 0.2) is 18.1 Å². The van der Waals surface area contributed by atoms with Crippen molar-refractivity contribution < 1.29 is 24.2 Å². The van der Waals surface area contributed by atoms with Crippen molar-refractivity contribution in [2.24, 2.45) is 5.16 Å². The van der Waals surface area contributed by atoms with Crippen molar-refractivity contribution in [2.45, 2.75) is 6.92 Å². The Morgan fingerprint density at radius 1 is 1.44 bits per heavy atom. The molecular weight excluding hydrogens is 238 g/mol. The summed E-state index contributed by atoms with van der Waals surface area (Å²) in [4.78, 5) is 11.2. The van der Waals surface area contributed by atoms with Crippen LogP contribution in [0.4, 0.5) is 0 Å². The van der Waals surface area contributed by atoms with E-state index in [-0.39, 0.29) is 6.61 Å². The summed E-state index contributed by atoms with van der Waals surface area (Å²) < 4.78 is 15.1. The monoisotopic (exact) mass is 253 g/mol. The van der Waals surface area contributed by atoms with Gasteiger partial charge in [0.25, 0.3) is 0 Å². The second-order valence-corrected chi connectivity index (χ2v) is 3.25. The van der Waals surface area contributed by atoms with Gasteiger partial charge in [-0.2, -0.15) is 0 Å². The highest BCUT2D eigenvalue weighted by molar-refractivity contribution is 5.80. The third kappa shape index (κ3) is 3.97. The summed E-state index contributed by atoms with van der Waals surface area (Å²) >= 11 is 0. The Morgan fingerprint density at radius 3 is 2.83 bits per heavy atom. The molecule has 6 nitrogen and oxygen atoms in total. The van der Waals surface area contributed by atoms with E-state index in [0.717, 1.165) is 0 Å². The molecule has 0 heterocycles. The molecule has 0 spiro atoms. The molecule has 0 amide bonds. The van der Waals surface area contributed by atoms with E-state index < -0.39 is 5.97 Å².